The Labute approximate surface area is 169 Å². The highest BCUT2D eigenvalue weighted by atomic mass is 16.6. The van der Waals surface area contributed by atoms with E-state index >= 15 is 0 Å². The van der Waals surface area contributed by atoms with E-state index < -0.39 is 5.60 Å². The van der Waals surface area contributed by atoms with Crippen LogP contribution in [0, 0.1) is 12.3 Å². The number of ether oxygens (including phenoxy) is 1. The lowest BCUT2D eigenvalue weighted by Gasteiger charge is -2.53. The molecule has 1 aliphatic heterocycles. The number of carbonyl (C=O) groups excluding carboxylic acids is 1. The van der Waals surface area contributed by atoms with Crippen LogP contribution in [0.3, 0.4) is 0 Å². The van der Waals surface area contributed by atoms with Crippen LogP contribution in [-0.2, 0) is 11.1 Å². The van der Waals surface area contributed by atoms with Gasteiger partial charge in [0.05, 0.1) is 0 Å². The monoisotopic (exact) mass is 383 g/mol. The molecule has 1 aromatic rings. The Kier molecular flexibility index (Phi) is 5.78. The normalized spacial score (nSPS) is 19.2. The van der Waals surface area contributed by atoms with Crippen LogP contribution in [0.15, 0.2) is 29.6 Å². The van der Waals surface area contributed by atoms with Gasteiger partial charge in [0.2, 0.25) is 0 Å². The topological polar surface area (TPSA) is 51.5 Å². The molecule has 3 rings (SSSR count). The van der Waals surface area contributed by atoms with E-state index in [1.54, 1.807) is 5.98 Å². The smallest absolute Gasteiger partial charge is 0.410 e. The molecule has 2 aliphatic rings. The zero-order valence-electron chi connectivity index (χ0n) is 17.7. The number of amides is 1. The third kappa shape index (κ3) is 4.36. The first-order valence-electron chi connectivity index (χ1n) is 10.3. The van der Waals surface area contributed by atoms with Crippen LogP contribution in [0.5, 0.6) is 0 Å². The van der Waals surface area contributed by atoms with E-state index in [1.807, 2.05) is 56.7 Å². The van der Waals surface area contributed by atoms with Gasteiger partial charge in [-0.1, -0.05) is 0 Å². The SMILES string of the molecule is C=C[B]Cc1c(C)ccn(C2CCC3(CC2)CN(C(=O)OC(C)(C)C)C3)c1=O. The maximum atomic E-state index is 13.0. The summed E-state index contributed by atoms with van der Waals surface area (Å²) in [6.07, 6.45) is 6.43. The Hall–Kier alpha value is -1.98. The van der Waals surface area contributed by atoms with Gasteiger partial charge in [0.1, 0.15) is 12.9 Å². The molecule has 0 bridgehead atoms. The fourth-order valence-corrected chi connectivity index (χ4v) is 4.45. The summed E-state index contributed by atoms with van der Waals surface area (Å²) in [5.74, 6) is 1.74. The number of rotatable bonds is 4. The molecule has 6 heteroatoms. The minimum absolute atomic E-state index is 0.128. The van der Waals surface area contributed by atoms with Gasteiger partial charge in [-0.05, 0) is 71.3 Å². The van der Waals surface area contributed by atoms with Crippen molar-refractivity contribution in [1.29, 1.82) is 0 Å². The predicted molar refractivity (Wildman–Crippen MR) is 113 cm³/mol. The molecule has 1 radical (unpaired) electrons. The molecule has 0 aromatic carbocycles. The minimum atomic E-state index is -0.454. The van der Waals surface area contributed by atoms with Crippen LogP contribution in [0.25, 0.3) is 0 Å². The number of aromatic nitrogens is 1. The molecule has 1 saturated heterocycles. The van der Waals surface area contributed by atoms with Crippen molar-refractivity contribution >= 4 is 13.4 Å². The van der Waals surface area contributed by atoms with Crippen molar-refractivity contribution in [1.82, 2.24) is 9.47 Å². The van der Waals surface area contributed by atoms with Gasteiger partial charge in [-0.15, -0.1) is 12.6 Å². The van der Waals surface area contributed by atoms with Crippen LogP contribution in [-0.4, -0.2) is 41.5 Å². The molecule has 28 heavy (non-hydrogen) atoms. The molecule has 1 aliphatic carbocycles. The molecule has 151 valence electrons. The van der Waals surface area contributed by atoms with Gasteiger partial charge in [0.25, 0.3) is 5.56 Å². The number of aryl methyl sites for hydroxylation is 1. The van der Waals surface area contributed by atoms with E-state index in [-0.39, 0.29) is 23.1 Å². The lowest BCUT2D eigenvalue weighted by Crippen LogP contribution is -2.60. The Morgan fingerprint density at radius 2 is 2.00 bits per heavy atom. The van der Waals surface area contributed by atoms with E-state index in [0.29, 0.717) is 6.32 Å². The highest BCUT2D eigenvalue weighted by Gasteiger charge is 2.48. The molecule has 1 spiro atoms. The van der Waals surface area contributed by atoms with Gasteiger partial charge in [-0.2, -0.15) is 0 Å². The lowest BCUT2D eigenvalue weighted by molar-refractivity contribution is -0.0535. The fraction of sp³-hybridized carbons (Fsp3) is 0.636. The second kappa shape index (κ2) is 7.80. The molecule has 5 nitrogen and oxygen atoms in total. The average Bonchev–Trinajstić information content (AvgIpc) is 2.58. The highest BCUT2D eigenvalue weighted by molar-refractivity contribution is 6.41. The van der Waals surface area contributed by atoms with Crippen molar-refractivity contribution in [3.63, 3.8) is 0 Å². The third-order valence-electron chi connectivity index (χ3n) is 6.06. The van der Waals surface area contributed by atoms with E-state index in [4.69, 9.17) is 4.74 Å². The van der Waals surface area contributed by atoms with E-state index in [9.17, 15) is 9.59 Å². The molecule has 0 atom stereocenters. The summed E-state index contributed by atoms with van der Waals surface area (Å²) in [7, 11) is 1.93. The van der Waals surface area contributed by atoms with Gasteiger partial charge in [0, 0.05) is 36.3 Å². The second-order valence-electron chi connectivity index (χ2n) is 9.43. The first kappa shape index (κ1) is 20.8. The number of likely N-dealkylation sites (tertiary alicyclic amines) is 1. The van der Waals surface area contributed by atoms with Gasteiger partial charge < -0.3 is 14.2 Å². The zero-order valence-corrected chi connectivity index (χ0v) is 17.7. The first-order chi connectivity index (χ1) is 13.1. The van der Waals surface area contributed by atoms with Crippen molar-refractivity contribution in [2.45, 2.75) is 71.3 Å². The lowest BCUT2D eigenvalue weighted by atomic mass is 9.67. The first-order valence-corrected chi connectivity index (χ1v) is 10.3. The summed E-state index contributed by atoms with van der Waals surface area (Å²) in [4.78, 5) is 27.0. The second-order valence-corrected chi connectivity index (χ2v) is 9.43. The van der Waals surface area contributed by atoms with Crippen molar-refractivity contribution in [3.05, 3.63) is 46.3 Å². The summed E-state index contributed by atoms with van der Waals surface area (Å²) in [5.41, 5.74) is 1.79. The standard InChI is InChI=1S/C22H32BN2O3/c1-6-23-13-18-16(2)9-12-25(19(18)26)17-7-10-22(11-8-17)14-24(15-22)20(27)28-21(3,4)5/h6,9,12,17H,1,7-8,10-11,13-15H2,2-5H3. The molecule has 0 N–H and O–H groups in total. The molecule has 1 saturated carbocycles. The van der Waals surface area contributed by atoms with Crippen molar-refractivity contribution in [2.24, 2.45) is 5.41 Å². The maximum absolute atomic E-state index is 13.0. The summed E-state index contributed by atoms with van der Waals surface area (Å²) < 4.78 is 7.40. The van der Waals surface area contributed by atoms with Gasteiger partial charge in [-0.3, -0.25) is 4.79 Å². The minimum Gasteiger partial charge on any atom is -0.444 e. The Balaban J connectivity index is 1.60. The maximum Gasteiger partial charge on any atom is 0.410 e. The number of nitrogens with zero attached hydrogens (tertiary/aromatic N) is 2. The molecule has 2 fully saturated rings. The molecule has 2 heterocycles. The van der Waals surface area contributed by atoms with E-state index in [2.05, 4.69) is 6.58 Å². The molecule has 1 amide bonds. The van der Waals surface area contributed by atoms with Crippen LogP contribution in [0.2, 0.25) is 0 Å². The highest BCUT2D eigenvalue weighted by Crippen LogP contribution is 2.47. The van der Waals surface area contributed by atoms with E-state index in [1.165, 1.54) is 0 Å². The van der Waals surface area contributed by atoms with Gasteiger partial charge in [-0.25, -0.2) is 4.79 Å². The van der Waals surface area contributed by atoms with Crippen LogP contribution in [0.4, 0.5) is 4.79 Å². The summed E-state index contributed by atoms with van der Waals surface area (Å²) in [6, 6.07) is 2.29. The summed E-state index contributed by atoms with van der Waals surface area (Å²) in [6.45, 7) is 12.9. The molecule has 0 unspecified atom stereocenters. The molecule has 1 aromatic heterocycles. The summed E-state index contributed by atoms with van der Waals surface area (Å²) in [5, 5.41) is 0. The van der Waals surface area contributed by atoms with Crippen LogP contribution >= 0.6 is 0 Å². The Morgan fingerprint density at radius 3 is 2.57 bits per heavy atom. The summed E-state index contributed by atoms with van der Waals surface area (Å²) >= 11 is 0. The average molecular weight is 383 g/mol. The number of hydrogen-bond acceptors (Lipinski definition) is 3. The van der Waals surface area contributed by atoms with Crippen LogP contribution < -0.4 is 5.56 Å². The largest absolute Gasteiger partial charge is 0.444 e. The molecular formula is C22H32BN2O3. The number of hydrogen-bond donors (Lipinski definition) is 0. The fourth-order valence-electron chi connectivity index (χ4n) is 4.45. The van der Waals surface area contributed by atoms with Crippen LogP contribution in [0.1, 0.15) is 63.6 Å². The van der Waals surface area contributed by atoms with Gasteiger partial charge in [0.15, 0.2) is 0 Å². The van der Waals surface area contributed by atoms with Crippen molar-refractivity contribution in [2.75, 3.05) is 13.1 Å². The zero-order chi connectivity index (χ0) is 20.5. The molecular weight excluding hydrogens is 351 g/mol. The Morgan fingerprint density at radius 1 is 1.36 bits per heavy atom. The third-order valence-corrected chi connectivity index (χ3v) is 6.06. The number of pyridine rings is 1. The van der Waals surface area contributed by atoms with Gasteiger partial charge >= 0.3 is 6.09 Å². The van der Waals surface area contributed by atoms with Crippen molar-refractivity contribution in [3.8, 4) is 0 Å². The quantitative estimate of drug-likeness (QED) is 0.742. The predicted octanol–water partition coefficient (Wildman–Crippen LogP) is 3.86. The van der Waals surface area contributed by atoms with Crippen molar-refractivity contribution < 1.29 is 9.53 Å². The van der Waals surface area contributed by atoms with E-state index in [0.717, 1.165) is 49.9 Å². The Bertz CT molecular complexity index is 793. The number of carbonyl (C=O) groups is 1.